The lowest BCUT2D eigenvalue weighted by Crippen LogP contribution is -2.35. The minimum atomic E-state index is -1.30. The maximum atomic E-state index is 15.1. The SMILES string of the molecule is COc1cc2c(Oc3ccc(NC(=O)C4(C(=O)Nc5ccc(F)cc5)CC4)cc3F)ccnc2cc1OCC(=O)O. The molecule has 3 aromatic carbocycles. The van der Waals surface area contributed by atoms with E-state index >= 15 is 4.39 Å². The number of methoxy groups -OCH3 is 1. The number of carboxylic acid groups (broad SMARTS) is 1. The van der Waals surface area contributed by atoms with Gasteiger partial charge in [0.1, 0.15) is 17.0 Å². The van der Waals surface area contributed by atoms with Crippen LogP contribution in [0.1, 0.15) is 12.8 Å². The number of rotatable bonds is 10. The number of nitrogens with one attached hydrogen (secondary N) is 2. The quantitative estimate of drug-likeness (QED) is 0.226. The van der Waals surface area contributed by atoms with Crippen molar-refractivity contribution in [1.82, 2.24) is 4.98 Å². The van der Waals surface area contributed by atoms with Crippen molar-refractivity contribution in [2.75, 3.05) is 24.4 Å². The smallest absolute Gasteiger partial charge is 0.341 e. The molecule has 1 fully saturated rings. The van der Waals surface area contributed by atoms with Gasteiger partial charge < -0.3 is 30.0 Å². The number of pyridine rings is 1. The van der Waals surface area contributed by atoms with Crippen LogP contribution >= 0.6 is 0 Å². The zero-order valence-electron chi connectivity index (χ0n) is 21.6. The van der Waals surface area contributed by atoms with Crippen LogP contribution < -0.4 is 24.8 Å². The van der Waals surface area contributed by atoms with E-state index in [1.807, 2.05) is 0 Å². The van der Waals surface area contributed by atoms with Gasteiger partial charge in [-0.25, -0.2) is 13.6 Å². The number of nitrogens with zero attached hydrogens (tertiary/aromatic N) is 1. The van der Waals surface area contributed by atoms with Crippen molar-refractivity contribution in [1.29, 1.82) is 0 Å². The molecule has 210 valence electrons. The second-order valence-electron chi connectivity index (χ2n) is 9.26. The van der Waals surface area contributed by atoms with Crippen LogP contribution in [-0.2, 0) is 14.4 Å². The molecule has 0 aliphatic heterocycles. The van der Waals surface area contributed by atoms with Gasteiger partial charge in [-0.3, -0.25) is 14.6 Å². The second kappa shape index (κ2) is 11.1. The summed E-state index contributed by atoms with van der Waals surface area (Å²) >= 11 is 0. The number of hydrogen-bond donors (Lipinski definition) is 3. The number of hydrogen-bond acceptors (Lipinski definition) is 7. The highest BCUT2D eigenvalue weighted by atomic mass is 19.1. The first kappa shape index (κ1) is 27.3. The van der Waals surface area contributed by atoms with Crippen molar-refractivity contribution in [3.05, 3.63) is 78.5 Å². The molecule has 1 aliphatic rings. The maximum absolute atomic E-state index is 15.1. The van der Waals surface area contributed by atoms with E-state index in [1.54, 1.807) is 0 Å². The van der Waals surface area contributed by atoms with Crippen LogP contribution in [0.5, 0.6) is 23.0 Å². The minimum Gasteiger partial charge on any atom is -0.493 e. The highest BCUT2D eigenvalue weighted by molar-refractivity contribution is 6.16. The molecule has 0 bridgehead atoms. The molecule has 41 heavy (non-hydrogen) atoms. The summed E-state index contributed by atoms with van der Waals surface area (Å²) in [5.74, 6) is -3.01. The van der Waals surface area contributed by atoms with Gasteiger partial charge >= 0.3 is 5.97 Å². The van der Waals surface area contributed by atoms with Gasteiger partial charge in [-0.15, -0.1) is 0 Å². The molecule has 1 heterocycles. The Kier molecular flexibility index (Phi) is 7.38. The topological polar surface area (TPSA) is 136 Å². The number of fused-ring (bicyclic) bond motifs is 1. The fourth-order valence-corrected chi connectivity index (χ4v) is 4.13. The van der Waals surface area contributed by atoms with Crippen molar-refractivity contribution in [3.8, 4) is 23.0 Å². The van der Waals surface area contributed by atoms with Gasteiger partial charge in [-0.1, -0.05) is 0 Å². The van der Waals surface area contributed by atoms with E-state index in [2.05, 4.69) is 15.6 Å². The first-order chi connectivity index (χ1) is 19.7. The average molecular weight is 564 g/mol. The van der Waals surface area contributed by atoms with Crippen molar-refractivity contribution in [2.45, 2.75) is 12.8 Å². The molecule has 1 aliphatic carbocycles. The van der Waals surface area contributed by atoms with E-state index in [9.17, 15) is 18.8 Å². The lowest BCUT2D eigenvalue weighted by Gasteiger charge is -2.16. The van der Waals surface area contributed by atoms with Gasteiger partial charge in [0.05, 0.1) is 12.6 Å². The largest absolute Gasteiger partial charge is 0.493 e. The number of aromatic nitrogens is 1. The van der Waals surface area contributed by atoms with Gasteiger partial charge in [0.25, 0.3) is 0 Å². The summed E-state index contributed by atoms with van der Waals surface area (Å²) < 4.78 is 44.6. The highest BCUT2D eigenvalue weighted by Crippen LogP contribution is 2.47. The molecular weight excluding hydrogens is 540 g/mol. The summed E-state index contributed by atoms with van der Waals surface area (Å²) in [6, 6.07) is 13.6. The van der Waals surface area contributed by atoms with Crippen LogP contribution in [0.3, 0.4) is 0 Å². The summed E-state index contributed by atoms with van der Waals surface area (Å²) in [4.78, 5) is 40.8. The normalized spacial score (nSPS) is 13.2. The molecule has 2 amide bonds. The third kappa shape index (κ3) is 5.86. The van der Waals surface area contributed by atoms with Crippen molar-refractivity contribution >= 4 is 40.1 Å². The predicted octanol–water partition coefficient (Wildman–Crippen LogP) is 5.13. The number of carboxylic acids is 1. The number of anilines is 2. The molecule has 1 saturated carbocycles. The van der Waals surface area contributed by atoms with E-state index in [-0.39, 0.29) is 28.7 Å². The number of amides is 2. The summed E-state index contributed by atoms with van der Waals surface area (Å²) in [5, 5.41) is 14.5. The van der Waals surface area contributed by atoms with Crippen LogP contribution in [0.2, 0.25) is 0 Å². The lowest BCUT2D eigenvalue weighted by atomic mass is 10.0. The number of carbonyl (C=O) groups excluding carboxylic acids is 2. The maximum Gasteiger partial charge on any atom is 0.341 e. The molecule has 0 radical (unpaired) electrons. The summed E-state index contributed by atoms with van der Waals surface area (Å²) in [6.07, 6.45) is 2.07. The van der Waals surface area contributed by atoms with Gasteiger partial charge in [-0.2, -0.15) is 0 Å². The van der Waals surface area contributed by atoms with Crippen LogP contribution in [0, 0.1) is 17.0 Å². The van der Waals surface area contributed by atoms with Crippen molar-refractivity contribution in [3.63, 3.8) is 0 Å². The zero-order valence-corrected chi connectivity index (χ0v) is 21.6. The molecule has 12 heteroatoms. The summed E-state index contributed by atoms with van der Waals surface area (Å²) in [7, 11) is 1.39. The molecule has 0 saturated heterocycles. The van der Waals surface area contributed by atoms with Crippen molar-refractivity contribution < 1.29 is 42.5 Å². The molecule has 0 atom stereocenters. The summed E-state index contributed by atoms with van der Waals surface area (Å²) in [5.41, 5.74) is -0.431. The zero-order chi connectivity index (χ0) is 29.1. The Morgan fingerprint density at radius 2 is 1.56 bits per heavy atom. The summed E-state index contributed by atoms with van der Waals surface area (Å²) in [6.45, 7) is -0.577. The Balaban J connectivity index is 1.30. The average Bonchev–Trinajstić information content (AvgIpc) is 3.77. The fraction of sp³-hybridized carbons (Fsp3) is 0.172. The molecule has 5 rings (SSSR count). The Hall–Kier alpha value is -5.26. The number of halogens is 2. The first-order valence-electron chi connectivity index (χ1n) is 12.4. The van der Waals surface area contributed by atoms with Gasteiger partial charge in [-0.05, 0) is 61.4 Å². The molecule has 1 aromatic heterocycles. The monoisotopic (exact) mass is 563 g/mol. The second-order valence-corrected chi connectivity index (χ2v) is 9.26. The lowest BCUT2D eigenvalue weighted by molar-refractivity contribution is -0.139. The molecule has 0 unspecified atom stereocenters. The molecular formula is C29H23F2N3O7. The van der Waals surface area contributed by atoms with E-state index in [0.29, 0.717) is 29.4 Å². The number of ether oxygens (including phenoxy) is 3. The Morgan fingerprint density at radius 3 is 2.20 bits per heavy atom. The molecule has 10 nitrogen and oxygen atoms in total. The van der Waals surface area contributed by atoms with E-state index in [0.717, 1.165) is 6.07 Å². The van der Waals surface area contributed by atoms with Crippen LogP contribution in [0.4, 0.5) is 20.2 Å². The Morgan fingerprint density at radius 1 is 0.878 bits per heavy atom. The van der Waals surface area contributed by atoms with Crippen LogP contribution in [-0.4, -0.2) is 41.6 Å². The number of benzene rings is 3. The molecule has 0 spiro atoms. The minimum absolute atomic E-state index is 0.127. The first-order valence-corrected chi connectivity index (χ1v) is 12.4. The molecule has 4 aromatic rings. The third-order valence-corrected chi connectivity index (χ3v) is 6.47. The van der Waals surface area contributed by atoms with E-state index < -0.39 is 41.4 Å². The standard InChI is InChI=1S/C29H23F2N3O7/c1-39-24-13-19-21(14-25(24)40-15-26(35)36)32-11-8-22(19)41-23-7-6-18(12-20(23)31)34-28(38)29(9-10-29)27(37)33-17-4-2-16(30)3-5-17/h2-8,11-14H,9-10,15H2,1H3,(H,33,37)(H,34,38)(H,35,36). The van der Waals surface area contributed by atoms with Gasteiger partial charge in [0, 0.05) is 35.1 Å². The van der Waals surface area contributed by atoms with Crippen molar-refractivity contribution in [2.24, 2.45) is 5.41 Å². The Bertz CT molecular complexity index is 1660. The van der Waals surface area contributed by atoms with E-state index in [4.69, 9.17) is 19.3 Å². The fourth-order valence-electron chi connectivity index (χ4n) is 4.13. The van der Waals surface area contributed by atoms with E-state index in [1.165, 1.54) is 67.9 Å². The third-order valence-electron chi connectivity index (χ3n) is 6.47. The van der Waals surface area contributed by atoms with Crippen LogP contribution in [0.25, 0.3) is 10.9 Å². The molecule has 3 N–H and O–H groups in total. The van der Waals surface area contributed by atoms with Gasteiger partial charge in [0.15, 0.2) is 29.7 Å². The number of carbonyl (C=O) groups is 3. The predicted molar refractivity (Wildman–Crippen MR) is 143 cm³/mol. The van der Waals surface area contributed by atoms with Gasteiger partial charge in [0.2, 0.25) is 11.8 Å². The Labute approximate surface area is 231 Å². The van der Waals surface area contributed by atoms with Crippen LogP contribution in [0.15, 0.2) is 66.9 Å². The number of aliphatic carboxylic acids is 1. The highest BCUT2D eigenvalue weighted by Gasteiger charge is 2.56.